The number of aromatic amines is 1. The van der Waals surface area contributed by atoms with Crippen molar-refractivity contribution in [2.45, 2.75) is 78.4 Å². The summed E-state index contributed by atoms with van der Waals surface area (Å²) in [6.45, 7) is 8.05. The number of ether oxygens (including phenoxy) is 1. The van der Waals surface area contributed by atoms with E-state index >= 15 is 0 Å². The molecule has 0 saturated carbocycles. The van der Waals surface area contributed by atoms with Gasteiger partial charge in [0.05, 0.1) is 17.8 Å². The first-order chi connectivity index (χ1) is 12.2. The van der Waals surface area contributed by atoms with Gasteiger partial charge < -0.3 is 18.7 Å². The number of hydrogen-bond acceptors (Lipinski definition) is 6. The highest BCUT2D eigenvalue weighted by molar-refractivity contribution is 8.07. The van der Waals surface area contributed by atoms with Gasteiger partial charge in [-0.15, -0.1) is 0 Å². The van der Waals surface area contributed by atoms with Gasteiger partial charge in [-0.2, -0.15) is 0 Å². The molecule has 1 aliphatic heterocycles. The van der Waals surface area contributed by atoms with E-state index in [2.05, 4.69) is 25.8 Å². The van der Waals surface area contributed by atoms with Crippen molar-refractivity contribution in [3.8, 4) is 0 Å². The average Bonchev–Trinajstić information content (AvgIpc) is 2.75. The van der Waals surface area contributed by atoms with Gasteiger partial charge in [-0.1, -0.05) is 20.8 Å². The summed E-state index contributed by atoms with van der Waals surface area (Å²) >= 11 is 5.17. The third-order valence-corrected chi connectivity index (χ3v) is 5.61. The zero-order chi connectivity index (χ0) is 20.6. The monoisotopic (exact) mass is 420 g/mol. The van der Waals surface area contributed by atoms with Crippen LogP contribution < -0.4 is 11.2 Å². The molecular weight excluding hydrogens is 391 g/mol. The quantitative estimate of drug-likeness (QED) is 0.706. The normalized spacial score (nSPS) is 26.1. The minimum atomic E-state index is -3.50. The van der Waals surface area contributed by atoms with Crippen LogP contribution in [-0.4, -0.2) is 32.3 Å². The van der Waals surface area contributed by atoms with Gasteiger partial charge in [0, 0.05) is 18.7 Å². The summed E-state index contributed by atoms with van der Waals surface area (Å²) in [7, 11) is 0. The Hall–Kier alpha value is -0.830. The predicted octanol–water partition coefficient (Wildman–Crippen LogP) is 2.68. The SMILES string of the molecule is CC(C)(C)C[C@H]1O[C@@H](n2ccc(=O)[nH]c2=O)CC1OP(O)(=S)OC(C)(C)C. The summed E-state index contributed by atoms with van der Waals surface area (Å²) in [5.41, 5.74) is -1.76. The minimum Gasteiger partial charge on any atom is -0.352 e. The molecule has 1 saturated heterocycles. The second-order valence-corrected chi connectivity index (χ2v) is 11.7. The van der Waals surface area contributed by atoms with Crippen LogP contribution in [0.2, 0.25) is 0 Å². The lowest BCUT2D eigenvalue weighted by molar-refractivity contribution is -0.0388. The Morgan fingerprint density at radius 3 is 2.48 bits per heavy atom. The van der Waals surface area contributed by atoms with Crippen molar-refractivity contribution < 1.29 is 18.7 Å². The molecule has 0 aliphatic carbocycles. The van der Waals surface area contributed by atoms with Crippen molar-refractivity contribution in [2.75, 3.05) is 0 Å². The molecule has 1 fully saturated rings. The molecule has 0 bridgehead atoms. The fourth-order valence-electron chi connectivity index (χ4n) is 2.96. The van der Waals surface area contributed by atoms with Crippen LogP contribution in [0.25, 0.3) is 0 Å². The van der Waals surface area contributed by atoms with Crippen molar-refractivity contribution >= 4 is 18.5 Å². The number of nitrogens with one attached hydrogen (secondary N) is 1. The van der Waals surface area contributed by atoms with Crippen LogP contribution in [0.15, 0.2) is 21.9 Å². The Balaban J connectivity index is 2.26. The van der Waals surface area contributed by atoms with Gasteiger partial charge in [-0.25, -0.2) is 4.79 Å². The zero-order valence-electron chi connectivity index (χ0n) is 16.6. The topological polar surface area (TPSA) is 103 Å². The van der Waals surface area contributed by atoms with Crippen molar-refractivity contribution in [3.63, 3.8) is 0 Å². The maximum absolute atomic E-state index is 12.1. The zero-order valence-corrected chi connectivity index (χ0v) is 18.3. The fourth-order valence-corrected chi connectivity index (χ4v) is 5.26. The maximum atomic E-state index is 12.1. The molecule has 8 nitrogen and oxygen atoms in total. The van der Waals surface area contributed by atoms with Crippen LogP contribution in [0, 0.1) is 5.41 Å². The van der Waals surface area contributed by atoms with Crippen LogP contribution in [-0.2, 0) is 25.6 Å². The van der Waals surface area contributed by atoms with E-state index in [1.54, 1.807) is 20.8 Å². The first-order valence-electron chi connectivity index (χ1n) is 8.84. The highest BCUT2D eigenvalue weighted by Crippen LogP contribution is 2.52. The molecule has 154 valence electrons. The van der Waals surface area contributed by atoms with E-state index in [0.29, 0.717) is 12.8 Å². The molecule has 2 rings (SSSR count). The van der Waals surface area contributed by atoms with E-state index in [1.165, 1.54) is 16.8 Å². The van der Waals surface area contributed by atoms with Gasteiger partial charge in [0.2, 0.25) is 0 Å². The summed E-state index contributed by atoms with van der Waals surface area (Å²) in [4.78, 5) is 36.1. The molecule has 0 radical (unpaired) electrons. The van der Waals surface area contributed by atoms with E-state index in [1.807, 2.05) is 0 Å². The van der Waals surface area contributed by atoms with Gasteiger partial charge in [0.1, 0.15) is 6.23 Å². The van der Waals surface area contributed by atoms with Crippen molar-refractivity contribution in [1.29, 1.82) is 0 Å². The smallest absolute Gasteiger partial charge is 0.330 e. The number of H-pyrrole nitrogens is 1. The Kier molecular flexibility index (Phi) is 6.56. The van der Waals surface area contributed by atoms with E-state index in [9.17, 15) is 14.5 Å². The van der Waals surface area contributed by atoms with Gasteiger partial charge in [0.25, 0.3) is 5.56 Å². The fraction of sp³-hybridized carbons (Fsp3) is 0.765. The number of hydrogen-bond donors (Lipinski definition) is 2. The second-order valence-electron chi connectivity index (χ2n) is 8.96. The number of rotatable bonds is 5. The summed E-state index contributed by atoms with van der Waals surface area (Å²) in [5.74, 6) is 0. The molecule has 0 spiro atoms. The van der Waals surface area contributed by atoms with E-state index in [4.69, 9.17) is 25.6 Å². The van der Waals surface area contributed by atoms with Crippen LogP contribution in [0.4, 0.5) is 0 Å². The Bertz CT molecular complexity index is 822. The van der Waals surface area contributed by atoms with Crippen LogP contribution >= 0.6 is 6.72 Å². The van der Waals surface area contributed by atoms with Crippen molar-refractivity contribution in [2.24, 2.45) is 5.41 Å². The molecule has 0 amide bonds. The largest absolute Gasteiger partial charge is 0.352 e. The number of aromatic nitrogens is 2. The first kappa shape index (κ1) is 22.5. The Morgan fingerprint density at radius 1 is 1.33 bits per heavy atom. The van der Waals surface area contributed by atoms with E-state index in [-0.39, 0.29) is 11.5 Å². The van der Waals surface area contributed by atoms with Crippen molar-refractivity contribution in [1.82, 2.24) is 9.55 Å². The Morgan fingerprint density at radius 2 is 1.96 bits per heavy atom. The molecule has 2 unspecified atom stereocenters. The molecule has 2 heterocycles. The number of nitrogens with zero attached hydrogens (tertiary/aromatic N) is 1. The predicted molar refractivity (Wildman–Crippen MR) is 106 cm³/mol. The molecule has 0 aromatic carbocycles. The molecule has 2 N–H and O–H groups in total. The molecule has 1 aliphatic rings. The van der Waals surface area contributed by atoms with E-state index in [0.717, 1.165) is 0 Å². The molecule has 4 atom stereocenters. The van der Waals surface area contributed by atoms with Crippen molar-refractivity contribution in [3.05, 3.63) is 33.1 Å². The molecule has 1 aromatic heterocycles. The van der Waals surface area contributed by atoms with Gasteiger partial charge in [-0.3, -0.25) is 14.3 Å². The summed E-state index contributed by atoms with van der Waals surface area (Å²) < 4.78 is 18.7. The van der Waals surface area contributed by atoms with Gasteiger partial charge in [0.15, 0.2) is 0 Å². The summed E-state index contributed by atoms with van der Waals surface area (Å²) in [5, 5.41) is 0. The van der Waals surface area contributed by atoms with Gasteiger partial charge in [-0.05, 0) is 44.4 Å². The second kappa shape index (κ2) is 7.89. The first-order valence-corrected chi connectivity index (χ1v) is 11.4. The summed E-state index contributed by atoms with van der Waals surface area (Å²) in [6, 6.07) is 1.26. The maximum Gasteiger partial charge on any atom is 0.330 e. The minimum absolute atomic E-state index is 0.0694. The Labute approximate surface area is 164 Å². The lowest BCUT2D eigenvalue weighted by Crippen LogP contribution is -2.31. The molecular formula is C17H29N2O6PS. The van der Waals surface area contributed by atoms with Crippen LogP contribution in [0.1, 0.15) is 60.6 Å². The molecule has 1 aromatic rings. The third kappa shape index (κ3) is 6.93. The average molecular weight is 420 g/mol. The lowest BCUT2D eigenvalue weighted by atomic mass is 9.87. The van der Waals surface area contributed by atoms with Crippen LogP contribution in [0.5, 0.6) is 0 Å². The molecule has 10 heteroatoms. The lowest BCUT2D eigenvalue weighted by Gasteiger charge is -2.31. The van der Waals surface area contributed by atoms with E-state index < -0.39 is 35.9 Å². The third-order valence-electron chi connectivity index (χ3n) is 3.81. The highest BCUT2D eigenvalue weighted by Gasteiger charge is 2.42. The molecule has 27 heavy (non-hydrogen) atoms. The summed E-state index contributed by atoms with van der Waals surface area (Å²) in [6.07, 6.45) is 0.786. The standard InChI is InChI=1S/C17H29N2O6PS/c1-16(2,3)10-12-11(24-26(22,27)25-17(4,5)6)9-14(23-12)19-8-7-13(20)18-15(19)21/h7-8,11-12,14H,9-10H2,1-6H3,(H,22,27)(H,18,20,21)/t11?,12-,14-,26?/m1/s1. The highest BCUT2D eigenvalue weighted by atomic mass is 32.5. The van der Waals surface area contributed by atoms with Crippen LogP contribution in [0.3, 0.4) is 0 Å². The van der Waals surface area contributed by atoms with Gasteiger partial charge >= 0.3 is 12.4 Å².